The maximum Gasteiger partial charge on any atom is 0.351 e. The number of fused-ring (bicyclic) bond motifs is 1. The number of rotatable bonds is 9. The number of esters is 1. The Labute approximate surface area is 225 Å². The van der Waals surface area contributed by atoms with Crippen LogP contribution in [0.1, 0.15) is 68.3 Å². The lowest BCUT2D eigenvalue weighted by Gasteiger charge is -2.18. The van der Waals surface area contributed by atoms with E-state index in [9.17, 15) is 14.4 Å². The molecule has 0 spiro atoms. The van der Waals surface area contributed by atoms with Crippen molar-refractivity contribution in [3.8, 4) is 5.75 Å². The molecule has 3 rings (SSSR count). The van der Waals surface area contributed by atoms with Gasteiger partial charge in [-0.1, -0.05) is 68.0 Å². The highest BCUT2D eigenvalue weighted by atomic mass is 16.6. The van der Waals surface area contributed by atoms with Gasteiger partial charge < -0.3 is 19.8 Å². The van der Waals surface area contributed by atoms with E-state index in [1.807, 2.05) is 30.5 Å². The topological polar surface area (TPSA) is 101 Å². The maximum atomic E-state index is 12.6. The third-order valence-corrected chi connectivity index (χ3v) is 5.53. The van der Waals surface area contributed by atoms with Crippen LogP contribution in [0.25, 0.3) is 10.9 Å². The highest BCUT2D eigenvalue weighted by Gasteiger charge is 2.29. The van der Waals surface area contributed by atoms with Crippen LogP contribution in [0.2, 0.25) is 0 Å². The third kappa shape index (κ3) is 8.20. The second-order valence-electron chi connectivity index (χ2n) is 8.25. The SMILES string of the molecule is C/C=C\CCC.C=CC.CCn1c(C)c(C(=O)C(N)=O)c2c(OC(C(=O)OC)c3ccccc3)cccc21. The summed E-state index contributed by atoms with van der Waals surface area (Å²) in [5, 5.41) is 0.445. The Kier molecular flexibility index (Phi) is 13.9. The van der Waals surface area contributed by atoms with Crippen molar-refractivity contribution in [1.29, 1.82) is 0 Å². The molecule has 204 valence electrons. The molecule has 2 aromatic carbocycles. The number of carbonyl (C=O) groups excluding carboxylic acids is 3. The number of amides is 1. The minimum absolute atomic E-state index is 0.182. The number of primary amides is 1. The van der Waals surface area contributed by atoms with Gasteiger partial charge in [-0.2, -0.15) is 0 Å². The molecule has 0 bridgehead atoms. The summed E-state index contributed by atoms with van der Waals surface area (Å²) in [5.74, 6) is -2.14. The summed E-state index contributed by atoms with van der Waals surface area (Å²) >= 11 is 0. The Morgan fingerprint density at radius 3 is 2.16 bits per heavy atom. The average Bonchev–Trinajstić information content (AvgIpc) is 3.22. The van der Waals surface area contributed by atoms with Gasteiger partial charge in [0.25, 0.3) is 11.7 Å². The zero-order valence-electron chi connectivity index (χ0n) is 23.3. The number of aryl methyl sites for hydroxylation is 1. The van der Waals surface area contributed by atoms with E-state index in [2.05, 4.69) is 32.6 Å². The molecule has 0 saturated heterocycles. The largest absolute Gasteiger partial charge is 0.473 e. The van der Waals surface area contributed by atoms with Crippen molar-refractivity contribution < 1.29 is 23.9 Å². The lowest BCUT2D eigenvalue weighted by Crippen LogP contribution is -2.24. The molecule has 1 amide bonds. The number of ketones is 1. The Morgan fingerprint density at radius 2 is 1.68 bits per heavy atom. The fraction of sp³-hybridized carbons (Fsp3) is 0.323. The van der Waals surface area contributed by atoms with Gasteiger partial charge in [-0.15, -0.1) is 6.58 Å². The molecule has 0 aliphatic heterocycles. The van der Waals surface area contributed by atoms with Crippen LogP contribution < -0.4 is 10.5 Å². The highest BCUT2D eigenvalue weighted by molar-refractivity contribution is 6.45. The Balaban J connectivity index is 0.000000695. The number of hydrogen-bond acceptors (Lipinski definition) is 5. The number of nitrogens with two attached hydrogens (primary N) is 1. The normalized spacial score (nSPS) is 11.0. The van der Waals surface area contributed by atoms with Crippen molar-refractivity contribution in [2.45, 2.75) is 60.1 Å². The van der Waals surface area contributed by atoms with Crippen LogP contribution in [0.4, 0.5) is 0 Å². The molecule has 7 heteroatoms. The molecule has 2 N–H and O–H groups in total. The molecule has 0 fully saturated rings. The van der Waals surface area contributed by atoms with Crippen LogP contribution >= 0.6 is 0 Å². The molecule has 1 unspecified atom stereocenters. The van der Waals surface area contributed by atoms with Crippen molar-refractivity contribution in [2.75, 3.05) is 7.11 Å². The molecule has 38 heavy (non-hydrogen) atoms. The van der Waals surface area contributed by atoms with Gasteiger partial charge in [-0.25, -0.2) is 4.79 Å². The van der Waals surface area contributed by atoms with E-state index in [0.717, 1.165) is 0 Å². The van der Waals surface area contributed by atoms with E-state index in [1.165, 1.54) is 20.0 Å². The summed E-state index contributed by atoms with van der Waals surface area (Å²) in [5.41, 5.74) is 7.38. The zero-order chi connectivity index (χ0) is 28.7. The van der Waals surface area contributed by atoms with Gasteiger partial charge >= 0.3 is 5.97 Å². The van der Waals surface area contributed by atoms with Crippen LogP contribution in [0.3, 0.4) is 0 Å². The van der Waals surface area contributed by atoms with Gasteiger partial charge in [-0.05, 0) is 46.2 Å². The fourth-order valence-corrected chi connectivity index (χ4v) is 3.85. The first-order chi connectivity index (χ1) is 18.2. The van der Waals surface area contributed by atoms with Gasteiger partial charge in [0.05, 0.1) is 23.6 Å². The van der Waals surface area contributed by atoms with E-state index in [0.29, 0.717) is 34.5 Å². The number of nitrogens with zero attached hydrogens (tertiary/aromatic N) is 1. The summed E-state index contributed by atoms with van der Waals surface area (Å²) in [6, 6.07) is 14.1. The monoisotopic (exact) mass is 520 g/mol. The zero-order valence-corrected chi connectivity index (χ0v) is 23.3. The molecule has 3 aromatic rings. The average molecular weight is 521 g/mol. The predicted molar refractivity (Wildman–Crippen MR) is 153 cm³/mol. The van der Waals surface area contributed by atoms with Crippen LogP contribution in [0.15, 0.2) is 73.3 Å². The fourth-order valence-electron chi connectivity index (χ4n) is 3.85. The Bertz CT molecular complexity index is 1240. The summed E-state index contributed by atoms with van der Waals surface area (Å²) in [6.07, 6.45) is 7.48. The number of ether oxygens (including phenoxy) is 2. The number of aromatic nitrogens is 1. The number of carbonyl (C=O) groups is 3. The Morgan fingerprint density at radius 1 is 1.05 bits per heavy atom. The molecule has 0 saturated carbocycles. The summed E-state index contributed by atoms with van der Waals surface area (Å²) < 4.78 is 12.9. The smallest absolute Gasteiger partial charge is 0.351 e. The number of Topliss-reactive ketones (excluding diaryl/α,β-unsaturated/α-hetero) is 1. The maximum absolute atomic E-state index is 12.6. The molecule has 0 aliphatic carbocycles. The summed E-state index contributed by atoms with van der Waals surface area (Å²) in [6.45, 7) is 13.7. The van der Waals surface area contributed by atoms with E-state index >= 15 is 0 Å². The van der Waals surface area contributed by atoms with Crippen molar-refractivity contribution in [1.82, 2.24) is 4.57 Å². The van der Waals surface area contributed by atoms with Gasteiger partial charge in [-0.3, -0.25) is 9.59 Å². The van der Waals surface area contributed by atoms with Crippen molar-refractivity contribution in [2.24, 2.45) is 5.73 Å². The van der Waals surface area contributed by atoms with Crippen LogP contribution in [-0.4, -0.2) is 29.3 Å². The second-order valence-corrected chi connectivity index (χ2v) is 8.25. The lowest BCUT2D eigenvalue weighted by atomic mass is 10.0. The summed E-state index contributed by atoms with van der Waals surface area (Å²) in [4.78, 5) is 36.6. The number of hydrogen-bond donors (Lipinski definition) is 1. The van der Waals surface area contributed by atoms with Crippen LogP contribution in [-0.2, 0) is 20.9 Å². The predicted octanol–water partition coefficient (Wildman–Crippen LogP) is 6.49. The molecular weight excluding hydrogens is 480 g/mol. The highest BCUT2D eigenvalue weighted by Crippen LogP contribution is 2.36. The molecule has 7 nitrogen and oxygen atoms in total. The first-order valence-corrected chi connectivity index (χ1v) is 12.7. The van der Waals surface area contributed by atoms with E-state index in [1.54, 1.807) is 49.4 Å². The molecule has 1 aromatic heterocycles. The quantitative estimate of drug-likeness (QED) is 0.150. The third-order valence-electron chi connectivity index (χ3n) is 5.53. The molecule has 0 radical (unpaired) electrons. The van der Waals surface area contributed by atoms with Crippen molar-refractivity contribution >= 4 is 28.6 Å². The second kappa shape index (κ2) is 16.6. The van der Waals surface area contributed by atoms with E-state index < -0.39 is 23.8 Å². The van der Waals surface area contributed by atoms with Gasteiger partial charge in [0.2, 0.25) is 6.10 Å². The standard InChI is InChI=1S/C22H22N2O5.C6H12.C3H6/c1-4-24-13(2)17(19(25)21(23)26)18-15(24)11-8-12-16(18)29-20(22(27)28-3)14-9-6-5-7-10-14;1-3-5-6-4-2;1-3-2/h5-12,20H,4H2,1-3H3,(H2,23,26);3,5H,4,6H2,1-2H3;3H,1H2,2H3/b;5-3-;. The lowest BCUT2D eigenvalue weighted by molar-refractivity contribution is -0.149. The van der Waals surface area contributed by atoms with Crippen LogP contribution in [0.5, 0.6) is 5.75 Å². The van der Waals surface area contributed by atoms with Crippen LogP contribution in [0, 0.1) is 6.92 Å². The van der Waals surface area contributed by atoms with Gasteiger partial charge in [0.15, 0.2) is 0 Å². The first-order valence-electron chi connectivity index (χ1n) is 12.7. The number of methoxy groups -OCH3 is 1. The molecule has 1 heterocycles. The minimum atomic E-state index is -1.05. The summed E-state index contributed by atoms with van der Waals surface area (Å²) in [7, 11) is 1.28. The molecular formula is C31H40N2O5. The number of benzene rings is 2. The van der Waals surface area contributed by atoms with Gasteiger partial charge in [0.1, 0.15) is 5.75 Å². The number of allylic oxidation sites excluding steroid dienone is 3. The first kappa shape index (κ1) is 31.9. The Hall–Kier alpha value is -4.13. The van der Waals surface area contributed by atoms with E-state index in [-0.39, 0.29) is 5.56 Å². The molecule has 0 aliphatic rings. The van der Waals surface area contributed by atoms with E-state index in [4.69, 9.17) is 15.2 Å². The number of unbranched alkanes of at least 4 members (excludes halogenated alkanes) is 1. The van der Waals surface area contributed by atoms with Gasteiger partial charge in [0, 0.05) is 17.8 Å². The van der Waals surface area contributed by atoms with Crippen molar-refractivity contribution in [3.05, 3.63) is 90.2 Å². The molecule has 1 atom stereocenters. The van der Waals surface area contributed by atoms with Crippen molar-refractivity contribution in [3.63, 3.8) is 0 Å². The minimum Gasteiger partial charge on any atom is -0.473 e.